The summed E-state index contributed by atoms with van der Waals surface area (Å²) in [6.07, 6.45) is 0.834. The molecule has 1 aliphatic rings. The van der Waals surface area contributed by atoms with E-state index >= 15 is 0 Å². The first kappa shape index (κ1) is 12.0. The van der Waals surface area contributed by atoms with Crippen LogP contribution >= 0.6 is 11.3 Å². The molecule has 1 aromatic carbocycles. The lowest BCUT2D eigenvalue weighted by atomic mass is 10.0. The maximum atomic E-state index is 12.0. The van der Waals surface area contributed by atoms with E-state index in [4.69, 9.17) is 10.5 Å². The lowest BCUT2D eigenvalue weighted by Crippen LogP contribution is -2.19. The number of nitrogens with two attached hydrogens (primary N) is 1. The summed E-state index contributed by atoms with van der Waals surface area (Å²) >= 11 is 1.49. The molecule has 3 N–H and O–H groups in total. The van der Waals surface area contributed by atoms with E-state index in [1.54, 1.807) is 14.2 Å². The molecule has 1 amide bonds. The minimum Gasteiger partial charge on any atom is -0.497 e. The first-order chi connectivity index (χ1) is 9.15. The predicted octanol–water partition coefficient (Wildman–Crippen LogP) is 2.27. The molecule has 0 radical (unpaired) electrons. The molecule has 0 saturated heterocycles. The molecule has 2 aromatic rings. The Labute approximate surface area is 115 Å². The summed E-state index contributed by atoms with van der Waals surface area (Å²) in [5.74, 6) is 0.657. The van der Waals surface area contributed by atoms with Crippen LogP contribution in [0.2, 0.25) is 0 Å². The van der Waals surface area contributed by atoms with Crippen LogP contribution in [0.4, 0.5) is 5.00 Å². The summed E-state index contributed by atoms with van der Waals surface area (Å²) < 4.78 is 5.26. The minimum absolute atomic E-state index is 0.134. The van der Waals surface area contributed by atoms with Crippen LogP contribution < -0.4 is 15.8 Å². The van der Waals surface area contributed by atoms with Crippen molar-refractivity contribution in [3.8, 4) is 16.9 Å². The van der Waals surface area contributed by atoms with Crippen molar-refractivity contribution in [3.05, 3.63) is 34.2 Å². The van der Waals surface area contributed by atoms with Gasteiger partial charge in [0.25, 0.3) is 5.91 Å². The standard InChI is InChI=1S/C14H14N2O2S/c1-16-14(17)12-11-9-6-8(18-2)4-3-7(9)5-10(11)19-13(12)15/h3-4,6H,5,15H2,1-2H3,(H,16,17). The third-order valence-electron chi connectivity index (χ3n) is 3.40. The fraction of sp³-hybridized carbons (Fsp3) is 0.214. The summed E-state index contributed by atoms with van der Waals surface area (Å²) in [4.78, 5) is 13.2. The quantitative estimate of drug-likeness (QED) is 0.753. The topological polar surface area (TPSA) is 64.4 Å². The highest BCUT2D eigenvalue weighted by atomic mass is 32.1. The van der Waals surface area contributed by atoms with E-state index in [-0.39, 0.29) is 5.91 Å². The third kappa shape index (κ3) is 1.69. The highest BCUT2D eigenvalue weighted by Crippen LogP contribution is 2.47. The van der Waals surface area contributed by atoms with Crippen molar-refractivity contribution in [1.29, 1.82) is 0 Å². The average Bonchev–Trinajstić information content (AvgIpc) is 2.91. The summed E-state index contributed by atoms with van der Waals surface area (Å²) in [6.45, 7) is 0. The molecule has 3 rings (SSSR count). The van der Waals surface area contributed by atoms with Crippen molar-refractivity contribution < 1.29 is 9.53 Å². The normalized spacial score (nSPS) is 11.9. The van der Waals surface area contributed by atoms with Crippen LogP contribution in [0.3, 0.4) is 0 Å². The number of anilines is 1. The van der Waals surface area contributed by atoms with Crippen molar-refractivity contribution in [2.45, 2.75) is 6.42 Å². The summed E-state index contributed by atoms with van der Waals surface area (Å²) in [6, 6.07) is 5.96. The van der Waals surface area contributed by atoms with Crippen molar-refractivity contribution in [2.24, 2.45) is 0 Å². The number of hydrogen-bond donors (Lipinski definition) is 2. The van der Waals surface area contributed by atoms with Crippen LogP contribution in [0.5, 0.6) is 5.75 Å². The summed E-state index contributed by atoms with van der Waals surface area (Å²) in [5.41, 5.74) is 9.81. The molecule has 0 saturated carbocycles. The van der Waals surface area contributed by atoms with Gasteiger partial charge in [0.05, 0.1) is 17.7 Å². The number of nitrogens with one attached hydrogen (secondary N) is 1. The van der Waals surface area contributed by atoms with E-state index in [9.17, 15) is 4.79 Å². The Morgan fingerprint density at radius 2 is 2.26 bits per heavy atom. The van der Waals surface area contributed by atoms with Gasteiger partial charge in [0, 0.05) is 23.9 Å². The number of thiophene rings is 1. The number of rotatable bonds is 2. The van der Waals surface area contributed by atoms with E-state index in [0.717, 1.165) is 28.2 Å². The largest absolute Gasteiger partial charge is 0.497 e. The van der Waals surface area contributed by atoms with Crippen molar-refractivity contribution in [2.75, 3.05) is 19.9 Å². The van der Waals surface area contributed by atoms with Crippen molar-refractivity contribution in [1.82, 2.24) is 5.32 Å². The smallest absolute Gasteiger partial charge is 0.254 e. The number of carbonyl (C=O) groups is 1. The zero-order chi connectivity index (χ0) is 13.6. The van der Waals surface area contributed by atoms with Gasteiger partial charge in [-0.1, -0.05) is 6.07 Å². The minimum atomic E-state index is -0.134. The fourth-order valence-corrected chi connectivity index (χ4v) is 3.60. The molecule has 0 bridgehead atoms. The SMILES string of the molecule is CNC(=O)c1c(N)sc2c1-c1cc(OC)ccc1C2. The first-order valence-corrected chi connectivity index (χ1v) is 6.78. The molecule has 0 aliphatic heterocycles. The number of hydrogen-bond acceptors (Lipinski definition) is 4. The van der Waals surface area contributed by atoms with E-state index in [1.165, 1.54) is 16.9 Å². The lowest BCUT2D eigenvalue weighted by molar-refractivity contribution is 0.0965. The fourth-order valence-electron chi connectivity index (χ4n) is 2.50. The number of ether oxygens (including phenoxy) is 1. The second kappa shape index (κ2) is 4.28. The number of benzene rings is 1. The monoisotopic (exact) mass is 274 g/mol. The van der Waals surface area contributed by atoms with E-state index in [0.29, 0.717) is 10.6 Å². The Kier molecular flexibility index (Phi) is 2.71. The van der Waals surface area contributed by atoms with Crippen LogP contribution in [0.15, 0.2) is 18.2 Å². The van der Waals surface area contributed by atoms with Gasteiger partial charge in [0.1, 0.15) is 5.75 Å². The van der Waals surface area contributed by atoms with Crippen LogP contribution in [-0.2, 0) is 6.42 Å². The number of fused-ring (bicyclic) bond motifs is 3. The second-order valence-corrected chi connectivity index (χ2v) is 5.56. The molecule has 4 nitrogen and oxygen atoms in total. The van der Waals surface area contributed by atoms with Crippen LogP contribution in [-0.4, -0.2) is 20.1 Å². The molecule has 0 unspecified atom stereocenters. The van der Waals surface area contributed by atoms with Gasteiger partial charge in [-0.3, -0.25) is 4.79 Å². The predicted molar refractivity (Wildman–Crippen MR) is 76.9 cm³/mol. The molecular formula is C14H14N2O2S. The summed E-state index contributed by atoms with van der Waals surface area (Å²) in [5, 5.41) is 3.24. The first-order valence-electron chi connectivity index (χ1n) is 5.96. The molecule has 0 fully saturated rings. The molecule has 1 heterocycles. The Morgan fingerprint density at radius 1 is 1.47 bits per heavy atom. The molecular weight excluding hydrogens is 260 g/mol. The highest BCUT2D eigenvalue weighted by Gasteiger charge is 2.29. The molecule has 98 valence electrons. The molecule has 0 spiro atoms. The zero-order valence-electron chi connectivity index (χ0n) is 10.7. The molecule has 1 aliphatic carbocycles. The van der Waals surface area contributed by atoms with Gasteiger partial charge in [-0.25, -0.2) is 0 Å². The van der Waals surface area contributed by atoms with E-state index in [1.807, 2.05) is 18.2 Å². The maximum Gasteiger partial charge on any atom is 0.254 e. The molecule has 1 aromatic heterocycles. The molecule has 0 atom stereocenters. The van der Waals surface area contributed by atoms with Gasteiger partial charge in [0.15, 0.2) is 0 Å². The number of carbonyl (C=O) groups excluding carboxylic acids is 1. The van der Waals surface area contributed by atoms with Gasteiger partial charge < -0.3 is 15.8 Å². The zero-order valence-corrected chi connectivity index (χ0v) is 11.6. The van der Waals surface area contributed by atoms with Gasteiger partial charge in [-0.15, -0.1) is 11.3 Å². The number of nitrogen functional groups attached to an aromatic ring is 1. The van der Waals surface area contributed by atoms with Gasteiger partial charge in [-0.2, -0.15) is 0 Å². The Morgan fingerprint density at radius 3 is 2.95 bits per heavy atom. The molecule has 5 heteroatoms. The van der Waals surface area contributed by atoms with Crippen LogP contribution in [0.25, 0.3) is 11.1 Å². The average molecular weight is 274 g/mol. The second-order valence-electron chi connectivity index (χ2n) is 4.42. The van der Waals surface area contributed by atoms with Gasteiger partial charge in [-0.05, 0) is 23.3 Å². The van der Waals surface area contributed by atoms with Crippen LogP contribution in [0.1, 0.15) is 20.8 Å². The van der Waals surface area contributed by atoms with Crippen molar-refractivity contribution >= 4 is 22.2 Å². The molecule has 19 heavy (non-hydrogen) atoms. The summed E-state index contributed by atoms with van der Waals surface area (Å²) in [7, 11) is 3.26. The van der Waals surface area contributed by atoms with Gasteiger partial charge >= 0.3 is 0 Å². The van der Waals surface area contributed by atoms with E-state index in [2.05, 4.69) is 5.32 Å². The van der Waals surface area contributed by atoms with E-state index < -0.39 is 0 Å². The Balaban J connectivity index is 2.23. The Hall–Kier alpha value is -2.01. The van der Waals surface area contributed by atoms with Gasteiger partial charge in [0.2, 0.25) is 0 Å². The number of amides is 1. The van der Waals surface area contributed by atoms with Crippen molar-refractivity contribution in [3.63, 3.8) is 0 Å². The highest BCUT2D eigenvalue weighted by molar-refractivity contribution is 7.17. The maximum absolute atomic E-state index is 12.0. The Bertz CT molecular complexity index is 676. The third-order valence-corrected chi connectivity index (χ3v) is 4.42. The number of methoxy groups -OCH3 is 1. The van der Waals surface area contributed by atoms with Crippen LogP contribution in [0, 0.1) is 0 Å². The lowest BCUT2D eigenvalue weighted by Gasteiger charge is -2.07.